The monoisotopic (exact) mass is 297 g/mol. The van der Waals surface area contributed by atoms with Crippen molar-refractivity contribution in [1.29, 1.82) is 0 Å². The van der Waals surface area contributed by atoms with Gasteiger partial charge in [-0.1, -0.05) is 23.4 Å². The van der Waals surface area contributed by atoms with Crippen LogP contribution in [0.3, 0.4) is 0 Å². The summed E-state index contributed by atoms with van der Waals surface area (Å²) in [6.45, 7) is 4.04. The molecule has 112 valence electrons. The molecule has 1 amide bonds. The molecule has 3 rings (SSSR count). The Balaban J connectivity index is 1.82. The topological polar surface area (TPSA) is 96.7 Å². The number of benzene rings is 1. The lowest BCUT2D eigenvalue weighted by Crippen LogP contribution is -2.24. The molecular formula is C15H15N5O2. The summed E-state index contributed by atoms with van der Waals surface area (Å²) < 4.78 is 5.09. The minimum absolute atomic E-state index is 0.188. The summed E-state index contributed by atoms with van der Waals surface area (Å²) in [4.78, 5) is 16.6. The van der Waals surface area contributed by atoms with Crippen molar-refractivity contribution in [1.82, 2.24) is 25.7 Å². The molecule has 0 spiro atoms. The van der Waals surface area contributed by atoms with Crippen molar-refractivity contribution in [2.45, 2.75) is 20.4 Å². The van der Waals surface area contributed by atoms with Gasteiger partial charge in [0.25, 0.3) is 5.91 Å². The Morgan fingerprint density at radius 3 is 2.82 bits per heavy atom. The van der Waals surface area contributed by atoms with Gasteiger partial charge in [0.1, 0.15) is 12.1 Å². The summed E-state index contributed by atoms with van der Waals surface area (Å²) in [6, 6.07) is 7.24. The van der Waals surface area contributed by atoms with Gasteiger partial charge in [0, 0.05) is 17.7 Å². The highest BCUT2D eigenvalue weighted by atomic mass is 16.5. The molecule has 7 nitrogen and oxygen atoms in total. The zero-order valence-electron chi connectivity index (χ0n) is 12.3. The molecular weight excluding hydrogens is 282 g/mol. The van der Waals surface area contributed by atoms with E-state index in [0.717, 1.165) is 11.3 Å². The first kappa shape index (κ1) is 14.0. The van der Waals surface area contributed by atoms with Gasteiger partial charge in [-0.25, -0.2) is 4.98 Å². The van der Waals surface area contributed by atoms with Crippen molar-refractivity contribution < 1.29 is 9.32 Å². The third-order valence-electron chi connectivity index (χ3n) is 3.45. The Morgan fingerprint density at radius 1 is 1.32 bits per heavy atom. The number of amides is 1. The van der Waals surface area contributed by atoms with E-state index in [1.807, 2.05) is 32.0 Å². The average Bonchev–Trinajstić information content (AvgIpc) is 3.16. The van der Waals surface area contributed by atoms with Gasteiger partial charge in [-0.2, -0.15) is 5.10 Å². The van der Waals surface area contributed by atoms with Crippen LogP contribution in [-0.2, 0) is 6.54 Å². The van der Waals surface area contributed by atoms with E-state index in [1.54, 1.807) is 6.07 Å². The molecule has 2 aromatic heterocycles. The quantitative estimate of drug-likeness (QED) is 0.767. The second-order valence-corrected chi connectivity index (χ2v) is 4.87. The Labute approximate surface area is 126 Å². The van der Waals surface area contributed by atoms with E-state index in [0.29, 0.717) is 29.3 Å². The molecule has 0 fully saturated rings. The zero-order valence-corrected chi connectivity index (χ0v) is 12.3. The number of carbonyl (C=O) groups excluding carboxylic acids is 1. The van der Waals surface area contributed by atoms with Gasteiger partial charge in [0.15, 0.2) is 5.82 Å². The zero-order chi connectivity index (χ0) is 15.5. The summed E-state index contributed by atoms with van der Waals surface area (Å²) in [6.07, 6.45) is 1.41. The van der Waals surface area contributed by atoms with Crippen LogP contribution in [0.2, 0.25) is 0 Å². The molecule has 0 saturated heterocycles. The van der Waals surface area contributed by atoms with E-state index in [9.17, 15) is 4.79 Å². The molecule has 2 N–H and O–H groups in total. The first-order chi connectivity index (χ1) is 10.7. The van der Waals surface area contributed by atoms with Gasteiger partial charge in [-0.15, -0.1) is 0 Å². The molecule has 0 radical (unpaired) electrons. The van der Waals surface area contributed by atoms with Crippen LogP contribution in [-0.4, -0.2) is 26.2 Å². The number of aryl methyl sites for hydroxylation is 2. The average molecular weight is 297 g/mol. The van der Waals surface area contributed by atoms with Gasteiger partial charge in [0.2, 0.25) is 0 Å². The highest BCUT2D eigenvalue weighted by molar-refractivity contribution is 6.00. The number of aromatic nitrogens is 4. The number of carbonyl (C=O) groups is 1. The van der Waals surface area contributed by atoms with E-state index >= 15 is 0 Å². The number of nitrogens with one attached hydrogen (secondary N) is 2. The van der Waals surface area contributed by atoms with Crippen molar-refractivity contribution >= 4 is 5.91 Å². The van der Waals surface area contributed by atoms with Crippen LogP contribution in [0, 0.1) is 13.8 Å². The van der Waals surface area contributed by atoms with E-state index in [4.69, 9.17) is 4.52 Å². The lowest BCUT2D eigenvalue weighted by molar-refractivity contribution is 0.0951. The lowest BCUT2D eigenvalue weighted by Gasteiger charge is -2.08. The smallest absolute Gasteiger partial charge is 0.252 e. The van der Waals surface area contributed by atoms with Crippen LogP contribution in [0.5, 0.6) is 0 Å². The van der Waals surface area contributed by atoms with Gasteiger partial charge < -0.3 is 9.84 Å². The highest BCUT2D eigenvalue weighted by Crippen LogP contribution is 2.19. The normalized spacial score (nSPS) is 10.6. The predicted molar refractivity (Wildman–Crippen MR) is 79.0 cm³/mol. The summed E-state index contributed by atoms with van der Waals surface area (Å²) in [5.41, 5.74) is 2.91. The fraction of sp³-hybridized carbons (Fsp3) is 0.200. The molecule has 7 heteroatoms. The third kappa shape index (κ3) is 2.60. The molecule has 0 unspecified atom stereocenters. The predicted octanol–water partition coefficient (Wildman–Crippen LogP) is 2.01. The fourth-order valence-electron chi connectivity index (χ4n) is 2.24. The lowest BCUT2D eigenvalue weighted by atomic mass is 10.1. The minimum atomic E-state index is -0.188. The molecule has 2 heterocycles. The SMILES string of the molecule is Cc1noc(C)c1CNC(=O)c1ccccc1-c1ncn[nH]1. The molecule has 0 saturated carbocycles. The summed E-state index contributed by atoms with van der Waals surface area (Å²) in [5, 5.41) is 13.4. The Morgan fingerprint density at radius 2 is 2.14 bits per heavy atom. The van der Waals surface area contributed by atoms with Crippen molar-refractivity contribution in [3.8, 4) is 11.4 Å². The van der Waals surface area contributed by atoms with Crippen LogP contribution in [0.4, 0.5) is 0 Å². The van der Waals surface area contributed by atoms with Crippen LogP contribution >= 0.6 is 0 Å². The number of rotatable bonds is 4. The summed E-state index contributed by atoms with van der Waals surface area (Å²) in [5.74, 6) is 1.08. The van der Waals surface area contributed by atoms with Crippen molar-refractivity contribution in [3.05, 3.63) is 53.2 Å². The molecule has 0 aliphatic carbocycles. The third-order valence-corrected chi connectivity index (χ3v) is 3.45. The maximum absolute atomic E-state index is 12.5. The largest absolute Gasteiger partial charge is 0.361 e. The van der Waals surface area contributed by atoms with Crippen LogP contribution < -0.4 is 5.32 Å². The van der Waals surface area contributed by atoms with Crippen molar-refractivity contribution in [2.75, 3.05) is 0 Å². The molecule has 22 heavy (non-hydrogen) atoms. The van der Waals surface area contributed by atoms with Crippen LogP contribution in [0.1, 0.15) is 27.4 Å². The Bertz CT molecular complexity index is 773. The molecule has 0 aliphatic heterocycles. The first-order valence-electron chi connectivity index (χ1n) is 6.81. The molecule has 3 aromatic rings. The fourth-order valence-corrected chi connectivity index (χ4v) is 2.24. The van der Waals surface area contributed by atoms with Crippen molar-refractivity contribution in [2.24, 2.45) is 0 Å². The Hall–Kier alpha value is -2.96. The summed E-state index contributed by atoms with van der Waals surface area (Å²) in [7, 11) is 0. The number of hydrogen-bond donors (Lipinski definition) is 2. The second kappa shape index (κ2) is 5.80. The first-order valence-corrected chi connectivity index (χ1v) is 6.81. The maximum Gasteiger partial charge on any atom is 0.252 e. The van der Waals surface area contributed by atoms with E-state index < -0.39 is 0 Å². The molecule has 0 atom stereocenters. The maximum atomic E-state index is 12.5. The van der Waals surface area contributed by atoms with Gasteiger partial charge in [-0.05, 0) is 19.9 Å². The number of nitrogens with zero attached hydrogens (tertiary/aromatic N) is 3. The molecule has 0 bridgehead atoms. The van der Waals surface area contributed by atoms with Gasteiger partial charge >= 0.3 is 0 Å². The number of H-pyrrole nitrogens is 1. The molecule has 1 aromatic carbocycles. The minimum Gasteiger partial charge on any atom is -0.361 e. The Kier molecular flexibility index (Phi) is 3.69. The standard InChI is InChI=1S/C15H15N5O2/c1-9-13(10(2)22-20-9)7-16-15(21)12-6-4-3-5-11(12)14-17-8-18-19-14/h3-6,8H,7H2,1-2H3,(H,16,21)(H,17,18,19). The second-order valence-electron chi connectivity index (χ2n) is 4.87. The highest BCUT2D eigenvalue weighted by Gasteiger charge is 2.15. The van der Waals surface area contributed by atoms with E-state index in [-0.39, 0.29) is 5.91 Å². The number of aromatic amines is 1. The van der Waals surface area contributed by atoms with Crippen LogP contribution in [0.15, 0.2) is 35.1 Å². The van der Waals surface area contributed by atoms with E-state index in [1.165, 1.54) is 6.33 Å². The summed E-state index contributed by atoms with van der Waals surface area (Å²) >= 11 is 0. The van der Waals surface area contributed by atoms with Gasteiger partial charge in [-0.3, -0.25) is 9.89 Å². The van der Waals surface area contributed by atoms with Gasteiger partial charge in [0.05, 0.1) is 11.3 Å². The van der Waals surface area contributed by atoms with Crippen molar-refractivity contribution in [3.63, 3.8) is 0 Å². The van der Waals surface area contributed by atoms with Crippen LogP contribution in [0.25, 0.3) is 11.4 Å². The molecule has 0 aliphatic rings. The van der Waals surface area contributed by atoms with E-state index in [2.05, 4.69) is 25.7 Å². The number of hydrogen-bond acceptors (Lipinski definition) is 5.